The monoisotopic (exact) mass is 417 g/mol. The van der Waals surface area contributed by atoms with E-state index in [-0.39, 0.29) is 6.61 Å². The van der Waals surface area contributed by atoms with Crippen LogP contribution in [0.5, 0.6) is 5.75 Å². The van der Waals surface area contributed by atoms with Crippen molar-refractivity contribution < 1.29 is 4.74 Å². The van der Waals surface area contributed by atoms with Gasteiger partial charge in [0.2, 0.25) is 0 Å². The van der Waals surface area contributed by atoms with E-state index in [4.69, 9.17) is 39.5 Å². The second-order valence-electron chi connectivity index (χ2n) is 6.24. The van der Waals surface area contributed by atoms with Crippen molar-refractivity contribution in [3.8, 4) is 5.75 Å². The van der Waals surface area contributed by atoms with Gasteiger partial charge in [0.1, 0.15) is 6.61 Å². The normalized spacial score (nSPS) is 11.1. The number of aliphatic imine (C=N–C) groups is 1. The van der Waals surface area contributed by atoms with E-state index in [9.17, 15) is 0 Å². The number of hydrogen-bond donors (Lipinski definition) is 0. The summed E-state index contributed by atoms with van der Waals surface area (Å²) < 4.78 is 5.79. The molecule has 0 atom stereocenters. The molecule has 0 aliphatic carbocycles. The third-order valence-corrected chi connectivity index (χ3v) is 5.00. The average Bonchev–Trinajstić information content (AvgIpc) is 2.63. The lowest BCUT2D eigenvalue weighted by Crippen LogP contribution is -1.98. The third-order valence-electron chi connectivity index (χ3n) is 4.07. The van der Waals surface area contributed by atoms with Gasteiger partial charge < -0.3 is 4.74 Å². The third kappa shape index (κ3) is 5.04. The molecule has 138 valence electrons. The van der Waals surface area contributed by atoms with Crippen LogP contribution in [-0.4, -0.2) is 6.21 Å². The quantitative estimate of drug-likeness (QED) is 0.391. The summed E-state index contributed by atoms with van der Waals surface area (Å²) in [6.45, 7) is 4.35. The van der Waals surface area contributed by atoms with Gasteiger partial charge in [-0.05, 0) is 54.8 Å². The summed E-state index contributed by atoms with van der Waals surface area (Å²) in [5.74, 6) is 0.433. The number of aryl methyl sites for hydroxylation is 2. The van der Waals surface area contributed by atoms with Crippen LogP contribution in [0.25, 0.3) is 0 Å². The summed E-state index contributed by atoms with van der Waals surface area (Å²) in [6.07, 6.45) is 1.75. The van der Waals surface area contributed by atoms with Gasteiger partial charge in [0.25, 0.3) is 0 Å². The highest BCUT2D eigenvalue weighted by Gasteiger charge is 2.10. The molecule has 3 aromatic carbocycles. The molecule has 3 aromatic rings. The minimum atomic E-state index is 0.287. The van der Waals surface area contributed by atoms with Crippen LogP contribution in [0.15, 0.2) is 59.6 Å². The van der Waals surface area contributed by atoms with Crippen LogP contribution in [0, 0.1) is 13.8 Å². The first-order valence-corrected chi connectivity index (χ1v) is 9.54. The van der Waals surface area contributed by atoms with Gasteiger partial charge >= 0.3 is 0 Å². The van der Waals surface area contributed by atoms with Crippen molar-refractivity contribution in [2.24, 2.45) is 4.99 Å². The molecule has 0 heterocycles. The van der Waals surface area contributed by atoms with Crippen LogP contribution in [0.1, 0.15) is 22.3 Å². The smallest absolute Gasteiger partial charge is 0.157 e. The van der Waals surface area contributed by atoms with E-state index in [1.807, 2.05) is 50.2 Å². The van der Waals surface area contributed by atoms with Crippen molar-refractivity contribution in [2.45, 2.75) is 20.5 Å². The molecule has 0 radical (unpaired) electrons. The molecule has 0 unspecified atom stereocenters. The summed E-state index contributed by atoms with van der Waals surface area (Å²) in [6, 6.07) is 17.2. The molecule has 0 fully saturated rings. The lowest BCUT2D eigenvalue weighted by atomic mass is 10.1. The lowest BCUT2D eigenvalue weighted by molar-refractivity contribution is 0.306. The molecule has 0 bridgehead atoms. The molecule has 0 aliphatic rings. The largest absolute Gasteiger partial charge is 0.486 e. The Hall–Kier alpha value is -2.00. The maximum absolute atomic E-state index is 6.37. The Balaban J connectivity index is 1.79. The van der Waals surface area contributed by atoms with Gasteiger partial charge in [-0.15, -0.1) is 0 Å². The predicted molar refractivity (Wildman–Crippen MR) is 115 cm³/mol. The number of ether oxygens (including phenoxy) is 1. The minimum Gasteiger partial charge on any atom is -0.486 e. The van der Waals surface area contributed by atoms with Gasteiger partial charge in [0.05, 0.1) is 15.7 Å². The number of nitrogens with zero attached hydrogens (tertiary/aromatic N) is 1. The van der Waals surface area contributed by atoms with Crippen molar-refractivity contribution in [2.75, 3.05) is 0 Å². The van der Waals surface area contributed by atoms with E-state index in [0.29, 0.717) is 20.8 Å². The Morgan fingerprint density at radius 2 is 1.59 bits per heavy atom. The number of rotatable bonds is 5. The summed E-state index contributed by atoms with van der Waals surface area (Å²) in [5.41, 5.74) is 4.85. The van der Waals surface area contributed by atoms with E-state index in [2.05, 4.69) is 11.1 Å². The van der Waals surface area contributed by atoms with Crippen LogP contribution >= 0.6 is 34.8 Å². The molecule has 0 saturated heterocycles. The van der Waals surface area contributed by atoms with Crippen molar-refractivity contribution in [3.05, 3.63) is 91.9 Å². The molecule has 27 heavy (non-hydrogen) atoms. The predicted octanol–water partition coefficient (Wildman–Crippen LogP) is 7.59. The lowest BCUT2D eigenvalue weighted by Gasteiger charge is -2.11. The highest BCUT2D eigenvalue weighted by atomic mass is 35.5. The van der Waals surface area contributed by atoms with Crippen LogP contribution in [0.2, 0.25) is 15.1 Å². The Morgan fingerprint density at radius 1 is 0.889 bits per heavy atom. The molecule has 2 nitrogen and oxygen atoms in total. The van der Waals surface area contributed by atoms with Crippen LogP contribution in [0.4, 0.5) is 5.69 Å². The van der Waals surface area contributed by atoms with Crippen molar-refractivity contribution in [1.82, 2.24) is 0 Å². The first-order chi connectivity index (χ1) is 12.9. The molecular weight excluding hydrogens is 401 g/mol. The summed E-state index contributed by atoms with van der Waals surface area (Å²) in [5, 5.41) is 1.50. The van der Waals surface area contributed by atoms with Gasteiger partial charge in [0.15, 0.2) is 5.75 Å². The number of hydrogen-bond acceptors (Lipinski definition) is 2. The fourth-order valence-corrected chi connectivity index (χ4v) is 3.36. The van der Waals surface area contributed by atoms with Crippen molar-refractivity contribution in [1.29, 1.82) is 0 Å². The van der Waals surface area contributed by atoms with E-state index in [1.165, 1.54) is 0 Å². The number of benzene rings is 3. The molecule has 3 rings (SSSR count). The second-order valence-corrected chi connectivity index (χ2v) is 7.46. The molecule has 0 spiro atoms. The van der Waals surface area contributed by atoms with Crippen LogP contribution in [0.3, 0.4) is 0 Å². The Labute approximate surface area is 174 Å². The first-order valence-electron chi connectivity index (χ1n) is 8.40. The summed E-state index contributed by atoms with van der Waals surface area (Å²) >= 11 is 18.9. The van der Waals surface area contributed by atoms with Gasteiger partial charge in [-0.1, -0.05) is 65.1 Å². The Morgan fingerprint density at radius 3 is 2.30 bits per heavy atom. The van der Waals surface area contributed by atoms with E-state index < -0.39 is 0 Å². The molecule has 5 heteroatoms. The van der Waals surface area contributed by atoms with Gasteiger partial charge in [-0.25, -0.2) is 0 Å². The zero-order valence-corrected chi connectivity index (χ0v) is 17.2. The molecule has 0 saturated carbocycles. The zero-order valence-electron chi connectivity index (χ0n) is 15.0. The van der Waals surface area contributed by atoms with E-state index in [1.54, 1.807) is 18.3 Å². The molecular formula is C22H18Cl3NO. The highest BCUT2D eigenvalue weighted by molar-refractivity contribution is 6.37. The Kier molecular flexibility index (Phi) is 6.43. The first kappa shape index (κ1) is 19.8. The molecule has 0 aromatic heterocycles. The SMILES string of the molecule is Cc1ccc(C)c(N=Cc2cc(Cl)c(OCc3ccccc3Cl)c(Cl)c2)c1. The maximum Gasteiger partial charge on any atom is 0.157 e. The molecule has 0 N–H and O–H groups in total. The summed E-state index contributed by atoms with van der Waals surface area (Å²) in [7, 11) is 0. The zero-order chi connectivity index (χ0) is 19.4. The minimum absolute atomic E-state index is 0.287. The summed E-state index contributed by atoms with van der Waals surface area (Å²) in [4.78, 5) is 4.55. The molecule has 0 aliphatic heterocycles. The van der Waals surface area contributed by atoms with Crippen LogP contribution < -0.4 is 4.74 Å². The van der Waals surface area contributed by atoms with E-state index >= 15 is 0 Å². The topological polar surface area (TPSA) is 21.6 Å². The Bertz CT molecular complexity index is 976. The standard InChI is InChI=1S/C22H18Cl3NO/c1-14-7-8-15(2)21(9-14)26-12-16-10-19(24)22(20(25)11-16)27-13-17-5-3-4-6-18(17)23/h3-12H,13H2,1-2H3. The highest BCUT2D eigenvalue weighted by Crippen LogP contribution is 2.35. The fourth-order valence-electron chi connectivity index (χ4n) is 2.56. The van der Waals surface area contributed by atoms with Crippen molar-refractivity contribution in [3.63, 3.8) is 0 Å². The maximum atomic E-state index is 6.37. The molecule has 0 amide bonds. The van der Waals surface area contributed by atoms with Crippen LogP contribution in [-0.2, 0) is 6.61 Å². The fraction of sp³-hybridized carbons (Fsp3) is 0.136. The number of halogens is 3. The second kappa shape index (κ2) is 8.79. The van der Waals surface area contributed by atoms with Gasteiger partial charge in [0, 0.05) is 16.8 Å². The van der Waals surface area contributed by atoms with E-state index in [0.717, 1.165) is 27.9 Å². The van der Waals surface area contributed by atoms with Gasteiger partial charge in [-0.2, -0.15) is 0 Å². The average molecular weight is 419 g/mol. The van der Waals surface area contributed by atoms with Gasteiger partial charge in [-0.3, -0.25) is 4.99 Å². The van der Waals surface area contributed by atoms with Crippen molar-refractivity contribution >= 4 is 46.7 Å².